The molecular formula is C24H31ClN2O3. The number of rotatable bonds is 10. The summed E-state index contributed by atoms with van der Waals surface area (Å²) < 4.78 is 5.71. The Labute approximate surface area is 184 Å². The zero-order chi connectivity index (χ0) is 22.1. The standard InChI is InChI=1S/C24H31ClN2O3/c1-5-13-26-24(29)18(4)27(15-19-7-6-8-21(25)14-19)23(28)16-30-22-11-9-20(10-12-22)17(2)3/h6-12,14,17-18H,5,13,15-16H2,1-4H3,(H,26,29)/t18-/m1/s1. The summed E-state index contributed by atoms with van der Waals surface area (Å²) in [5.41, 5.74) is 2.06. The Bertz CT molecular complexity index is 837. The van der Waals surface area contributed by atoms with Crippen LogP contribution in [0.5, 0.6) is 5.75 Å². The Morgan fingerprint density at radius 2 is 1.80 bits per heavy atom. The van der Waals surface area contributed by atoms with Crippen molar-refractivity contribution in [2.45, 2.75) is 52.6 Å². The molecule has 2 aromatic carbocycles. The van der Waals surface area contributed by atoms with Gasteiger partial charge in [0.15, 0.2) is 6.61 Å². The van der Waals surface area contributed by atoms with Crippen LogP contribution >= 0.6 is 11.6 Å². The number of nitrogens with zero attached hydrogens (tertiary/aromatic N) is 1. The SMILES string of the molecule is CCCNC(=O)[C@@H](C)N(Cc1cccc(Cl)c1)C(=O)COc1ccc(C(C)C)cc1. The second kappa shape index (κ2) is 11.6. The van der Waals surface area contributed by atoms with E-state index in [0.29, 0.717) is 23.2 Å². The molecule has 0 heterocycles. The number of hydrogen-bond donors (Lipinski definition) is 1. The van der Waals surface area contributed by atoms with Crippen molar-refractivity contribution in [3.05, 3.63) is 64.7 Å². The maximum atomic E-state index is 13.0. The van der Waals surface area contributed by atoms with Crippen molar-refractivity contribution in [1.29, 1.82) is 0 Å². The van der Waals surface area contributed by atoms with E-state index in [-0.39, 0.29) is 25.0 Å². The summed E-state index contributed by atoms with van der Waals surface area (Å²) in [6.07, 6.45) is 0.830. The van der Waals surface area contributed by atoms with E-state index < -0.39 is 6.04 Å². The maximum absolute atomic E-state index is 13.0. The van der Waals surface area contributed by atoms with Gasteiger partial charge in [0.2, 0.25) is 5.91 Å². The van der Waals surface area contributed by atoms with E-state index >= 15 is 0 Å². The number of benzene rings is 2. The minimum atomic E-state index is -0.630. The van der Waals surface area contributed by atoms with E-state index in [9.17, 15) is 9.59 Å². The molecule has 0 aliphatic carbocycles. The van der Waals surface area contributed by atoms with Gasteiger partial charge in [-0.3, -0.25) is 9.59 Å². The predicted molar refractivity (Wildman–Crippen MR) is 121 cm³/mol. The normalized spacial score (nSPS) is 11.8. The lowest BCUT2D eigenvalue weighted by molar-refractivity contribution is -0.142. The quantitative estimate of drug-likeness (QED) is 0.589. The Morgan fingerprint density at radius 1 is 1.10 bits per heavy atom. The van der Waals surface area contributed by atoms with E-state index in [4.69, 9.17) is 16.3 Å². The fraction of sp³-hybridized carbons (Fsp3) is 0.417. The van der Waals surface area contributed by atoms with Gasteiger partial charge in [-0.1, -0.05) is 56.6 Å². The molecule has 162 valence electrons. The van der Waals surface area contributed by atoms with Crippen LogP contribution in [0.1, 0.15) is 51.2 Å². The van der Waals surface area contributed by atoms with Crippen molar-refractivity contribution >= 4 is 23.4 Å². The van der Waals surface area contributed by atoms with Crippen molar-refractivity contribution in [3.8, 4) is 5.75 Å². The molecule has 2 rings (SSSR count). The van der Waals surface area contributed by atoms with Crippen molar-refractivity contribution in [1.82, 2.24) is 10.2 Å². The summed E-state index contributed by atoms with van der Waals surface area (Å²) in [5, 5.41) is 3.44. The van der Waals surface area contributed by atoms with Gasteiger partial charge < -0.3 is 15.0 Å². The molecular weight excluding hydrogens is 400 g/mol. The van der Waals surface area contributed by atoms with Crippen LogP contribution in [0.25, 0.3) is 0 Å². The van der Waals surface area contributed by atoms with E-state index in [2.05, 4.69) is 19.2 Å². The first-order valence-corrected chi connectivity index (χ1v) is 10.7. The Hall–Kier alpha value is -2.53. The molecule has 1 N–H and O–H groups in total. The number of halogens is 1. The summed E-state index contributed by atoms with van der Waals surface area (Å²) in [4.78, 5) is 27.0. The second-order valence-electron chi connectivity index (χ2n) is 7.63. The van der Waals surface area contributed by atoms with Gasteiger partial charge in [0.25, 0.3) is 5.91 Å². The topological polar surface area (TPSA) is 58.6 Å². The molecule has 0 saturated heterocycles. The van der Waals surface area contributed by atoms with Crippen molar-refractivity contribution in [2.75, 3.05) is 13.2 Å². The second-order valence-corrected chi connectivity index (χ2v) is 8.07. The predicted octanol–water partition coefficient (Wildman–Crippen LogP) is 4.79. The highest BCUT2D eigenvalue weighted by Crippen LogP contribution is 2.19. The zero-order valence-electron chi connectivity index (χ0n) is 18.2. The molecule has 0 unspecified atom stereocenters. The first-order chi connectivity index (χ1) is 14.3. The average Bonchev–Trinajstić information content (AvgIpc) is 2.74. The highest BCUT2D eigenvalue weighted by molar-refractivity contribution is 6.30. The molecule has 0 bridgehead atoms. The number of ether oxygens (including phenoxy) is 1. The molecule has 0 radical (unpaired) electrons. The molecule has 5 nitrogen and oxygen atoms in total. The van der Waals surface area contributed by atoms with Crippen LogP contribution in [0, 0.1) is 0 Å². The largest absolute Gasteiger partial charge is 0.484 e. The fourth-order valence-electron chi connectivity index (χ4n) is 2.99. The lowest BCUT2D eigenvalue weighted by Crippen LogP contribution is -2.49. The Kier molecular flexibility index (Phi) is 9.18. The van der Waals surface area contributed by atoms with Gasteiger partial charge >= 0.3 is 0 Å². The number of hydrogen-bond acceptors (Lipinski definition) is 3. The molecule has 0 aromatic heterocycles. The van der Waals surface area contributed by atoms with Crippen LogP contribution in [-0.2, 0) is 16.1 Å². The van der Waals surface area contributed by atoms with Crippen molar-refractivity contribution in [3.63, 3.8) is 0 Å². The molecule has 0 aliphatic heterocycles. The first-order valence-electron chi connectivity index (χ1n) is 10.4. The number of carbonyl (C=O) groups is 2. The summed E-state index contributed by atoms with van der Waals surface area (Å²) in [6.45, 7) is 8.66. The minimum absolute atomic E-state index is 0.146. The van der Waals surface area contributed by atoms with Gasteiger partial charge in [-0.15, -0.1) is 0 Å². The van der Waals surface area contributed by atoms with E-state index in [1.807, 2.05) is 43.3 Å². The summed E-state index contributed by atoms with van der Waals surface area (Å²) in [6, 6.07) is 14.4. The number of carbonyl (C=O) groups excluding carboxylic acids is 2. The lowest BCUT2D eigenvalue weighted by atomic mass is 10.0. The lowest BCUT2D eigenvalue weighted by Gasteiger charge is -2.28. The van der Waals surface area contributed by atoms with Crippen molar-refractivity contribution in [2.24, 2.45) is 0 Å². The highest BCUT2D eigenvalue weighted by Gasteiger charge is 2.26. The summed E-state index contributed by atoms with van der Waals surface area (Å²) >= 11 is 6.09. The van der Waals surface area contributed by atoms with Crippen LogP contribution in [0.3, 0.4) is 0 Å². The van der Waals surface area contributed by atoms with E-state index in [0.717, 1.165) is 12.0 Å². The highest BCUT2D eigenvalue weighted by atomic mass is 35.5. The molecule has 0 spiro atoms. The maximum Gasteiger partial charge on any atom is 0.261 e. The van der Waals surface area contributed by atoms with Crippen molar-refractivity contribution < 1.29 is 14.3 Å². The van der Waals surface area contributed by atoms with Crippen LogP contribution < -0.4 is 10.1 Å². The van der Waals surface area contributed by atoms with Crippen LogP contribution in [0.4, 0.5) is 0 Å². The number of nitrogens with one attached hydrogen (secondary N) is 1. The molecule has 2 aromatic rings. The Morgan fingerprint density at radius 3 is 2.40 bits per heavy atom. The Balaban J connectivity index is 2.11. The van der Waals surface area contributed by atoms with E-state index in [1.165, 1.54) is 10.5 Å². The smallest absolute Gasteiger partial charge is 0.261 e. The van der Waals surface area contributed by atoms with Gasteiger partial charge in [0, 0.05) is 18.1 Å². The van der Waals surface area contributed by atoms with Crippen LogP contribution in [0.15, 0.2) is 48.5 Å². The molecule has 0 fully saturated rings. The van der Waals surface area contributed by atoms with Gasteiger partial charge in [-0.25, -0.2) is 0 Å². The third kappa shape index (κ3) is 7.06. The van der Waals surface area contributed by atoms with E-state index in [1.54, 1.807) is 19.1 Å². The molecule has 2 amide bonds. The molecule has 0 saturated carbocycles. The van der Waals surface area contributed by atoms with Crippen LogP contribution in [-0.4, -0.2) is 35.9 Å². The third-order valence-electron chi connectivity index (χ3n) is 4.87. The third-order valence-corrected chi connectivity index (χ3v) is 5.10. The average molecular weight is 431 g/mol. The molecule has 6 heteroatoms. The van der Waals surface area contributed by atoms with Gasteiger partial charge in [-0.2, -0.15) is 0 Å². The van der Waals surface area contributed by atoms with Gasteiger partial charge in [0.1, 0.15) is 11.8 Å². The van der Waals surface area contributed by atoms with Gasteiger partial charge in [0.05, 0.1) is 0 Å². The molecule has 0 aliphatic rings. The summed E-state index contributed by atoms with van der Waals surface area (Å²) in [7, 11) is 0. The monoisotopic (exact) mass is 430 g/mol. The number of amides is 2. The van der Waals surface area contributed by atoms with Crippen LogP contribution in [0.2, 0.25) is 5.02 Å². The fourth-order valence-corrected chi connectivity index (χ4v) is 3.20. The molecule has 1 atom stereocenters. The summed E-state index contributed by atoms with van der Waals surface area (Å²) in [5.74, 6) is 0.602. The zero-order valence-corrected chi connectivity index (χ0v) is 18.9. The van der Waals surface area contributed by atoms with Gasteiger partial charge in [-0.05, 0) is 54.7 Å². The molecule has 30 heavy (non-hydrogen) atoms. The first kappa shape index (κ1) is 23.7. The minimum Gasteiger partial charge on any atom is -0.484 e.